The van der Waals surface area contributed by atoms with Gasteiger partial charge in [-0.1, -0.05) is 0 Å². The predicted molar refractivity (Wildman–Crippen MR) is 89.5 cm³/mol. The molecule has 0 saturated carbocycles. The Morgan fingerprint density at radius 1 is 1.18 bits per heavy atom. The van der Waals surface area contributed by atoms with Gasteiger partial charge in [0.2, 0.25) is 5.91 Å². The molecule has 0 spiro atoms. The first-order valence-corrected chi connectivity index (χ1v) is 8.34. The molecule has 130 valence electrons. The Morgan fingerprint density at radius 2 is 1.95 bits per heavy atom. The molecule has 1 N–H and O–H groups in total. The normalized spacial score (nSPS) is 22.6. The summed E-state index contributed by atoms with van der Waals surface area (Å²) in [5, 5.41) is 3.37. The molecule has 2 rings (SSSR count). The van der Waals surface area contributed by atoms with Gasteiger partial charge >= 0.3 is 0 Å². The highest BCUT2D eigenvalue weighted by Gasteiger charge is 2.26. The minimum Gasteiger partial charge on any atom is -0.382 e. The van der Waals surface area contributed by atoms with Gasteiger partial charge in [0.05, 0.1) is 19.8 Å². The third-order valence-electron chi connectivity index (χ3n) is 4.65. The van der Waals surface area contributed by atoms with Crippen molar-refractivity contribution in [3.05, 3.63) is 0 Å². The molecule has 1 amide bonds. The molecule has 0 aromatic heterocycles. The van der Waals surface area contributed by atoms with Crippen molar-refractivity contribution in [2.24, 2.45) is 11.8 Å². The highest BCUT2D eigenvalue weighted by atomic mass is 35.5. The van der Waals surface area contributed by atoms with Crippen molar-refractivity contribution in [2.45, 2.75) is 32.1 Å². The zero-order chi connectivity index (χ0) is 14.9. The summed E-state index contributed by atoms with van der Waals surface area (Å²) in [5.41, 5.74) is 0. The number of hydrogen-bond donors (Lipinski definition) is 1. The van der Waals surface area contributed by atoms with E-state index in [0.29, 0.717) is 25.0 Å². The Kier molecular flexibility index (Phi) is 10.0. The second-order valence-corrected chi connectivity index (χ2v) is 6.29. The molecule has 2 aliphatic heterocycles. The second-order valence-electron chi connectivity index (χ2n) is 6.29. The van der Waals surface area contributed by atoms with E-state index in [2.05, 4.69) is 5.32 Å². The molecule has 2 saturated heterocycles. The molecule has 1 unspecified atom stereocenters. The van der Waals surface area contributed by atoms with Crippen LogP contribution >= 0.6 is 12.4 Å². The van der Waals surface area contributed by atoms with Crippen molar-refractivity contribution >= 4 is 18.3 Å². The number of methoxy groups -OCH3 is 1. The number of ether oxygens (including phenoxy) is 2. The molecule has 2 aliphatic rings. The van der Waals surface area contributed by atoms with E-state index in [0.717, 1.165) is 58.0 Å². The van der Waals surface area contributed by atoms with E-state index in [1.54, 1.807) is 7.11 Å². The summed E-state index contributed by atoms with van der Waals surface area (Å²) >= 11 is 0. The lowest BCUT2D eigenvalue weighted by Gasteiger charge is -2.23. The van der Waals surface area contributed by atoms with Gasteiger partial charge in [-0.15, -0.1) is 12.4 Å². The smallest absolute Gasteiger partial charge is 0.222 e. The van der Waals surface area contributed by atoms with Crippen molar-refractivity contribution < 1.29 is 14.3 Å². The molecule has 5 nitrogen and oxygen atoms in total. The lowest BCUT2D eigenvalue weighted by molar-refractivity contribution is -0.130. The average molecular weight is 335 g/mol. The van der Waals surface area contributed by atoms with Crippen molar-refractivity contribution in [2.75, 3.05) is 53.1 Å². The molecule has 0 radical (unpaired) electrons. The number of hydrogen-bond acceptors (Lipinski definition) is 4. The van der Waals surface area contributed by atoms with Crippen molar-refractivity contribution in [3.8, 4) is 0 Å². The Morgan fingerprint density at radius 3 is 2.68 bits per heavy atom. The van der Waals surface area contributed by atoms with Crippen LogP contribution < -0.4 is 5.32 Å². The van der Waals surface area contributed by atoms with Crippen LogP contribution in [0.4, 0.5) is 0 Å². The molecule has 0 aromatic carbocycles. The summed E-state index contributed by atoms with van der Waals surface area (Å²) in [4.78, 5) is 14.3. The van der Waals surface area contributed by atoms with Crippen LogP contribution in [0.5, 0.6) is 0 Å². The third-order valence-corrected chi connectivity index (χ3v) is 4.65. The summed E-state index contributed by atoms with van der Waals surface area (Å²) < 4.78 is 10.5. The fraction of sp³-hybridized carbons (Fsp3) is 0.938. The SMILES string of the molecule is COCCOCC1CCN(C(=O)CCC2CCNCC2)C1.Cl. The van der Waals surface area contributed by atoms with Crippen LogP contribution in [-0.4, -0.2) is 63.9 Å². The number of amides is 1. The van der Waals surface area contributed by atoms with Gasteiger partial charge in [0, 0.05) is 32.5 Å². The van der Waals surface area contributed by atoms with Gasteiger partial charge in [-0.25, -0.2) is 0 Å². The van der Waals surface area contributed by atoms with Crippen molar-refractivity contribution in [1.29, 1.82) is 0 Å². The molecular formula is C16H31ClN2O3. The molecule has 2 heterocycles. The van der Waals surface area contributed by atoms with E-state index < -0.39 is 0 Å². The lowest BCUT2D eigenvalue weighted by atomic mass is 9.93. The molecule has 2 fully saturated rings. The fourth-order valence-corrected chi connectivity index (χ4v) is 3.24. The Balaban J connectivity index is 0.00000242. The molecule has 0 aliphatic carbocycles. The average Bonchev–Trinajstić information content (AvgIpc) is 2.99. The number of likely N-dealkylation sites (tertiary alicyclic amines) is 1. The first-order valence-electron chi connectivity index (χ1n) is 8.34. The Bertz CT molecular complexity index is 312. The van der Waals surface area contributed by atoms with Crippen LogP contribution in [0.1, 0.15) is 32.1 Å². The zero-order valence-electron chi connectivity index (χ0n) is 13.7. The number of carbonyl (C=O) groups is 1. The minimum absolute atomic E-state index is 0. The van der Waals surface area contributed by atoms with Gasteiger partial charge in [0.25, 0.3) is 0 Å². The van der Waals surface area contributed by atoms with Gasteiger partial charge in [0.15, 0.2) is 0 Å². The van der Waals surface area contributed by atoms with E-state index in [4.69, 9.17) is 9.47 Å². The van der Waals surface area contributed by atoms with E-state index in [1.165, 1.54) is 12.8 Å². The van der Waals surface area contributed by atoms with E-state index in [9.17, 15) is 4.79 Å². The quantitative estimate of drug-likeness (QED) is 0.686. The number of carbonyl (C=O) groups excluding carboxylic acids is 1. The minimum atomic E-state index is 0. The predicted octanol–water partition coefficient (Wildman–Crippen LogP) is 1.70. The molecule has 6 heteroatoms. The summed E-state index contributed by atoms with van der Waals surface area (Å²) in [6.07, 6.45) is 5.31. The summed E-state index contributed by atoms with van der Waals surface area (Å²) in [5.74, 6) is 1.59. The van der Waals surface area contributed by atoms with Gasteiger partial charge < -0.3 is 19.7 Å². The number of nitrogens with zero attached hydrogens (tertiary/aromatic N) is 1. The monoisotopic (exact) mass is 334 g/mol. The van der Waals surface area contributed by atoms with E-state index in [-0.39, 0.29) is 12.4 Å². The Labute approximate surface area is 140 Å². The van der Waals surface area contributed by atoms with Crippen LogP contribution in [0.3, 0.4) is 0 Å². The third kappa shape index (κ3) is 6.82. The molecule has 0 bridgehead atoms. The van der Waals surface area contributed by atoms with Crippen LogP contribution in [0, 0.1) is 11.8 Å². The highest BCUT2D eigenvalue weighted by Crippen LogP contribution is 2.21. The van der Waals surface area contributed by atoms with Crippen LogP contribution in [-0.2, 0) is 14.3 Å². The molecule has 0 aromatic rings. The number of piperidine rings is 1. The molecular weight excluding hydrogens is 304 g/mol. The highest BCUT2D eigenvalue weighted by molar-refractivity contribution is 5.85. The summed E-state index contributed by atoms with van der Waals surface area (Å²) in [6.45, 7) is 6.05. The van der Waals surface area contributed by atoms with Gasteiger partial charge in [0.1, 0.15) is 0 Å². The number of nitrogens with one attached hydrogen (secondary N) is 1. The first kappa shape index (κ1) is 19.7. The standard InChI is InChI=1S/C16H30N2O3.ClH/c1-20-10-11-21-13-15-6-9-18(12-15)16(19)3-2-14-4-7-17-8-5-14;/h14-15,17H,2-13H2,1H3;1H. The first-order chi connectivity index (χ1) is 10.3. The zero-order valence-corrected chi connectivity index (χ0v) is 14.5. The number of rotatable bonds is 8. The van der Waals surface area contributed by atoms with Crippen LogP contribution in [0.25, 0.3) is 0 Å². The van der Waals surface area contributed by atoms with Crippen molar-refractivity contribution in [3.63, 3.8) is 0 Å². The fourth-order valence-electron chi connectivity index (χ4n) is 3.24. The molecule has 22 heavy (non-hydrogen) atoms. The van der Waals surface area contributed by atoms with Gasteiger partial charge in [-0.05, 0) is 44.7 Å². The topological polar surface area (TPSA) is 50.8 Å². The summed E-state index contributed by atoms with van der Waals surface area (Å²) in [7, 11) is 1.68. The summed E-state index contributed by atoms with van der Waals surface area (Å²) in [6, 6.07) is 0. The second kappa shape index (κ2) is 11.2. The van der Waals surface area contributed by atoms with Crippen molar-refractivity contribution in [1.82, 2.24) is 10.2 Å². The maximum absolute atomic E-state index is 12.3. The maximum Gasteiger partial charge on any atom is 0.222 e. The number of halogens is 1. The lowest BCUT2D eigenvalue weighted by Crippen LogP contribution is -2.31. The molecule has 1 atom stereocenters. The van der Waals surface area contributed by atoms with Gasteiger partial charge in [-0.2, -0.15) is 0 Å². The van der Waals surface area contributed by atoms with Gasteiger partial charge in [-0.3, -0.25) is 4.79 Å². The van der Waals surface area contributed by atoms with Crippen LogP contribution in [0.2, 0.25) is 0 Å². The van der Waals surface area contributed by atoms with E-state index >= 15 is 0 Å². The Hall–Kier alpha value is -0.360. The largest absolute Gasteiger partial charge is 0.382 e. The van der Waals surface area contributed by atoms with Crippen LogP contribution in [0.15, 0.2) is 0 Å². The maximum atomic E-state index is 12.3. The van der Waals surface area contributed by atoms with E-state index in [1.807, 2.05) is 4.90 Å².